The first-order chi connectivity index (χ1) is 7.83. The third-order valence-electron chi connectivity index (χ3n) is 2.22. The van der Waals surface area contributed by atoms with Crippen LogP contribution in [-0.2, 0) is 13.2 Å². The highest BCUT2D eigenvalue weighted by Crippen LogP contribution is 2.08. The minimum atomic E-state index is -0.125. The molecule has 16 heavy (non-hydrogen) atoms. The molecule has 0 aliphatic heterocycles. The molecule has 2 rings (SSSR count). The molecular formula is C11H10N4O. The average Bonchev–Trinajstić information content (AvgIpc) is 2.77. The molecule has 5 nitrogen and oxygen atoms in total. The van der Waals surface area contributed by atoms with Crippen molar-refractivity contribution in [2.75, 3.05) is 0 Å². The fourth-order valence-electron chi connectivity index (χ4n) is 1.43. The van der Waals surface area contributed by atoms with Crippen LogP contribution in [0.2, 0.25) is 0 Å². The molecule has 1 N–H and O–H groups in total. The summed E-state index contributed by atoms with van der Waals surface area (Å²) in [5, 5.41) is 25.4. The highest BCUT2D eigenvalue weighted by Gasteiger charge is 2.03. The van der Waals surface area contributed by atoms with Crippen molar-refractivity contribution in [1.29, 1.82) is 5.26 Å². The van der Waals surface area contributed by atoms with E-state index in [1.54, 1.807) is 16.9 Å². The molecule has 0 atom stereocenters. The Labute approximate surface area is 92.6 Å². The molecule has 0 aliphatic rings. The van der Waals surface area contributed by atoms with Gasteiger partial charge in [-0.15, -0.1) is 5.10 Å². The van der Waals surface area contributed by atoms with E-state index < -0.39 is 0 Å². The van der Waals surface area contributed by atoms with Gasteiger partial charge in [0.25, 0.3) is 0 Å². The van der Waals surface area contributed by atoms with E-state index in [2.05, 4.69) is 16.4 Å². The van der Waals surface area contributed by atoms with Crippen LogP contribution in [0.1, 0.15) is 16.8 Å². The van der Waals surface area contributed by atoms with Gasteiger partial charge in [-0.25, -0.2) is 4.68 Å². The van der Waals surface area contributed by atoms with E-state index in [4.69, 9.17) is 10.4 Å². The summed E-state index contributed by atoms with van der Waals surface area (Å²) in [5.41, 5.74) is 2.04. The molecule has 0 spiro atoms. The zero-order chi connectivity index (χ0) is 11.4. The van der Waals surface area contributed by atoms with Gasteiger partial charge in [-0.2, -0.15) is 5.26 Å². The first-order valence-electron chi connectivity index (χ1n) is 4.81. The van der Waals surface area contributed by atoms with Crippen LogP contribution < -0.4 is 0 Å². The molecule has 0 saturated carbocycles. The Bertz CT molecular complexity index is 527. The third kappa shape index (κ3) is 2.07. The lowest BCUT2D eigenvalue weighted by molar-refractivity contribution is 0.276. The number of nitrogens with zero attached hydrogens (tertiary/aromatic N) is 4. The smallest absolute Gasteiger partial charge is 0.108 e. The number of nitriles is 1. The molecule has 0 radical (unpaired) electrons. The summed E-state index contributed by atoms with van der Waals surface area (Å²) in [7, 11) is 0. The number of benzene rings is 1. The summed E-state index contributed by atoms with van der Waals surface area (Å²) in [6.07, 6.45) is 1.66. The van der Waals surface area contributed by atoms with Crippen LogP contribution in [0.15, 0.2) is 30.5 Å². The second kappa shape index (κ2) is 4.55. The van der Waals surface area contributed by atoms with Crippen molar-refractivity contribution in [2.24, 2.45) is 0 Å². The maximum atomic E-state index is 8.91. The van der Waals surface area contributed by atoms with Crippen molar-refractivity contribution >= 4 is 0 Å². The normalized spacial score (nSPS) is 10.0. The van der Waals surface area contributed by atoms with Crippen LogP contribution in [0.4, 0.5) is 0 Å². The molecule has 0 saturated heterocycles. The summed E-state index contributed by atoms with van der Waals surface area (Å²) in [6, 6.07) is 9.46. The second-order valence-corrected chi connectivity index (χ2v) is 3.33. The average molecular weight is 214 g/mol. The number of hydrogen-bond donors (Lipinski definition) is 1. The highest BCUT2D eigenvalue weighted by molar-refractivity contribution is 5.37. The van der Waals surface area contributed by atoms with E-state index in [0.29, 0.717) is 17.8 Å². The van der Waals surface area contributed by atoms with Gasteiger partial charge in [-0.3, -0.25) is 0 Å². The molecule has 0 unspecified atom stereocenters. The van der Waals surface area contributed by atoms with Crippen LogP contribution in [0.3, 0.4) is 0 Å². The van der Waals surface area contributed by atoms with Crippen LogP contribution in [0, 0.1) is 11.3 Å². The van der Waals surface area contributed by atoms with Gasteiger partial charge in [0.1, 0.15) is 5.69 Å². The van der Waals surface area contributed by atoms with E-state index >= 15 is 0 Å². The van der Waals surface area contributed by atoms with Crippen LogP contribution >= 0.6 is 0 Å². The Morgan fingerprint density at radius 3 is 2.88 bits per heavy atom. The van der Waals surface area contributed by atoms with Gasteiger partial charge in [-0.05, 0) is 11.6 Å². The summed E-state index contributed by atoms with van der Waals surface area (Å²) in [5.74, 6) is 0. The molecule has 1 heterocycles. The number of aliphatic hydroxyl groups is 1. The molecule has 0 bridgehead atoms. The lowest BCUT2D eigenvalue weighted by atomic mass is 10.1. The number of aliphatic hydroxyl groups excluding tert-OH is 1. The molecule has 0 aliphatic carbocycles. The van der Waals surface area contributed by atoms with E-state index in [-0.39, 0.29) is 6.61 Å². The van der Waals surface area contributed by atoms with E-state index in [0.717, 1.165) is 5.56 Å². The van der Waals surface area contributed by atoms with Crippen LogP contribution in [-0.4, -0.2) is 20.1 Å². The highest BCUT2D eigenvalue weighted by atomic mass is 16.3. The van der Waals surface area contributed by atoms with Crippen LogP contribution in [0.5, 0.6) is 0 Å². The van der Waals surface area contributed by atoms with Crippen LogP contribution in [0.25, 0.3) is 0 Å². The van der Waals surface area contributed by atoms with E-state index in [9.17, 15) is 0 Å². The Morgan fingerprint density at radius 2 is 2.19 bits per heavy atom. The summed E-state index contributed by atoms with van der Waals surface area (Å²) >= 11 is 0. The number of aromatic nitrogens is 3. The molecule has 5 heteroatoms. The van der Waals surface area contributed by atoms with Crippen molar-refractivity contribution in [3.63, 3.8) is 0 Å². The van der Waals surface area contributed by atoms with Gasteiger partial charge in [0, 0.05) is 0 Å². The van der Waals surface area contributed by atoms with Gasteiger partial charge in [0.15, 0.2) is 0 Å². The largest absolute Gasteiger partial charge is 0.390 e. The van der Waals surface area contributed by atoms with Crippen molar-refractivity contribution in [1.82, 2.24) is 15.0 Å². The maximum Gasteiger partial charge on any atom is 0.108 e. The fraction of sp³-hybridized carbons (Fsp3) is 0.182. The summed E-state index contributed by atoms with van der Waals surface area (Å²) < 4.78 is 1.60. The first-order valence-corrected chi connectivity index (χ1v) is 4.81. The first kappa shape index (κ1) is 10.3. The fourth-order valence-corrected chi connectivity index (χ4v) is 1.43. The molecule has 0 amide bonds. The van der Waals surface area contributed by atoms with E-state index in [1.165, 1.54) is 0 Å². The van der Waals surface area contributed by atoms with Crippen molar-refractivity contribution in [2.45, 2.75) is 13.2 Å². The van der Waals surface area contributed by atoms with Crippen molar-refractivity contribution < 1.29 is 5.11 Å². The van der Waals surface area contributed by atoms with Gasteiger partial charge in [0.05, 0.1) is 31.0 Å². The van der Waals surface area contributed by atoms with Gasteiger partial charge < -0.3 is 5.11 Å². The lowest BCUT2D eigenvalue weighted by Crippen LogP contribution is -2.02. The molecule has 1 aromatic carbocycles. The maximum absolute atomic E-state index is 8.91. The third-order valence-corrected chi connectivity index (χ3v) is 2.22. The van der Waals surface area contributed by atoms with Crippen molar-refractivity contribution in [3.8, 4) is 6.07 Å². The molecule has 0 fully saturated rings. The monoisotopic (exact) mass is 214 g/mol. The Hall–Kier alpha value is -2.19. The van der Waals surface area contributed by atoms with Gasteiger partial charge >= 0.3 is 0 Å². The quantitative estimate of drug-likeness (QED) is 0.815. The predicted molar refractivity (Wildman–Crippen MR) is 56.2 cm³/mol. The predicted octanol–water partition coefficient (Wildman–Crippen LogP) is 0.690. The van der Waals surface area contributed by atoms with E-state index in [1.807, 2.05) is 18.2 Å². The second-order valence-electron chi connectivity index (χ2n) is 3.33. The summed E-state index contributed by atoms with van der Waals surface area (Å²) in [6.45, 7) is 0.358. The molecule has 1 aromatic heterocycles. The summed E-state index contributed by atoms with van der Waals surface area (Å²) in [4.78, 5) is 0. The van der Waals surface area contributed by atoms with Crippen molar-refractivity contribution in [3.05, 3.63) is 47.3 Å². The molecule has 2 aromatic rings. The standard InChI is InChI=1S/C11H10N4O/c12-5-9-3-1-2-4-10(9)6-15-7-11(8-16)13-14-15/h1-4,7,16H,6,8H2. The number of hydrogen-bond acceptors (Lipinski definition) is 4. The topological polar surface area (TPSA) is 74.7 Å². The zero-order valence-electron chi connectivity index (χ0n) is 8.54. The SMILES string of the molecule is N#Cc1ccccc1Cn1cc(CO)nn1. The minimum absolute atomic E-state index is 0.125. The molecule has 80 valence electrons. The minimum Gasteiger partial charge on any atom is -0.390 e. The Morgan fingerprint density at radius 1 is 1.38 bits per heavy atom. The number of rotatable bonds is 3. The zero-order valence-corrected chi connectivity index (χ0v) is 8.54. The Kier molecular flexibility index (Phi) is 2.94. The Balaban J connectivity index is 2.24. The van der Waals surface area contributed by atoms with Gasteiger partial charge in [-0.1, -0.05) is 23.4 Å². The lowest BCUT2D eigenvalue weighted by Gasteiger charge is -2.02. The van der Waals surface area contributed by atoms with Gasteiger partial charge in [0.2, 0.25) is 0 Å². The molecular weight excluding hydrogens is 204 g/mol.